The zero-order valence-electron chi connectivity index (χ0n) is 12.5. The van der Waals surface area contributed by atoms with Gasteiger partial charge in [-0.15, -0.1) is 0 Å². The van der Waals surface area contributed by atoms with Crippen LogP contribution in [0.2, 0.25) is 0 Å². The Morgan fingerprint density at radius 2 is 1.78 bits per heavy atom. The summed E-state index contributed by atoms with van der Waals surface area (Å²) in [6, 6.07) is 14.4. The number of aromatic amines is 1. The van der Waals surface area contributed by atoms with Gasteiger partial charge in [-0.05, 0) is 28.8 Å². The van der Waals surface area contributed by atoms with E-state index >= 15 is 0 Å². The minimum absolute atomic E-state index is 0.553. The molecule has 0 radical (unpaired) electrons. The summed E-state index contributed by atoms with van der Waals surface area (Å²) in [4.78, 5) is 11.9. The van der Waals surface area contributed by atoms with Gasteiger partial charge < -0.3 is 10.7 Å². The third-order valence-corrected chi connectivity index (χ3v) is 4.05. The molecule has 3 heterocycles. The van der Waals surface area contributed by atoms with Crippen LogP contribution in [0, 0.1) is 0 Å². The van der Waals surface area contributed by atoms with Crippen molar-refractivity contribution < 1.29 is 0 Å². The summed E-state index contributed by atoms with van der Waals surface area (Å²) >= 11 is 0. The SMILES string of the molecule is NCc1ccc(-c2ccnc3[nH]cc(-c4cccnc4)c23)cc1. The molecule has 4 heteroatoms. The molecule has 0 fully saturated rings. The van der Waals surface area contributed by atoms with Crippen LogP contribution < -0.4 is 5.73 Å². The zero-order chi connectivity index (χ0) is 15.6. The van der Waals surface area contributed by atoms with Crippen molar-refractivity contribution in [1.82, 2.24) is 15.0 Å². The molecule has 0 saturated heterocycles. The summed E-state index contributed by atoms with van der Waals surface area (Å²) in [5, 5.41) is 1.11. The number of nitrogens with two attached hydrogens (primary N) is 1. The Morgan fingerprint density at radius 1 is 0.913 bits per heavy atom. The highest BCUT2D eigenvalue weighted by Crippen LogP contribution is 2.35. The van der Waals surface area contributed by atoms with Crippen molar-refractivity contribution >= 4 is 11.0 Å². The van der Waals surface area contributed by atoms with E-state index in [1.165, 1.54) is 0 Å². The van der Waals surface area contributed by atoms with Gasteiger partial charge in [-0.3, -0.25) is 4.98 Å². The van der Waals surface area contributed by atoms with Crippen molar-refractivity contribution in [2.45, 2.75) is 6.54 Å². The van der Waals surface area contributed by atoms with Crippen LogP contribution in [0.4, 0.5) is 0 Å². The topological polar surface area (TPSA) is 67.6 Å². The molecule has 0 aliphatic rings. The van der Waals surface area contributed by atoms with E-state index in [4.69, 9.17) is 5.73 Å². The van der Waals surface area contributed by atoms with Gasteiger partial charge in [-0.2, -0.15) is 0 Å². The number of pyridine rings is 2. The molecule has 4 nitrogen and oxygen atoms in total. The number of hydrogen-bond donors (Lipinski definition) is 2. The minimum Gasteiger partial charge on any atom is -0.345 e. The fourth-order valence-electron chi connectivity index (χ4n) is 2.87. The molecule has 0 unspecified atom stereocenters. The molecule has 0 atom stereocenters. The molecule has 0 saturated carbocycles. The van der Waals surface area contributed by atoms with E-state index in [0.29, 0.717) is 6.54 Å². The zero-order valence-corrected chi connectivity index (χ0v) is 12.5. The fourth-order valence-corrected chi connectivity index (χ4v) is 2.87. The summed E-state index contributed by atoms with van der Waals surface area (Å²) in [6.45, 7) is 0.553. The molecule has 4 aromatic rings. The highest BCUT2D eigenvalue weighted by atomic mass is 14.8. The molecular formula is C19H16N4. The number of nitrogens with one attached hydrogen (secondary N) is 1. The monoisotopic (exact) mass is 300 g/mol. The lowest BCUT2D eigenvalue weighted by Gasteiger charge is -2.07. The highest BCUT2D eigenvalue weighted by Gasteiger charge is 2.12. The molecule has 4 rings (SSSR count). The predicted octanol–water partition coefficient (Wildman–Crippen LogP) is 3.75. The Balaban J connectivity index is 1.94. The van der Waals surface area contributed by atoms with Gasteiger partial charge in [0.15, 0.2) is 0 Å². The Hall–Kier alpha value is -2.98. The van der Waals surface area contributed by atoms with Crippen LogP contribution in [-0.4, -0.2) is 15.0 Å². The van der Waals surface area contributed by atoms with E-state index in [1.54, 1.807) is 6.20 Å². The molecule has 3 aromatic heterocycles. The van der Waals surface area contributed by atoms with Crippen molar-refractivity contribution in [3.63, 3.8) is 0 Å². The van der Waals surface area contributed by atoms with Crippen molar-refractivity contribution in [2.75, 3.05) is 0 Å². The summed E-state index contributed by atoms with van der Waals surface area (Å²) in [7, 11) is 0. The molecule has 1 aromatic carbocycles. The van der Waals surface area contributed by atoms with Crippen LogP contribution in [-0.2, 0) is 6.54 Å². The first-order valence-electron chi connectivity index (χ1n) is 7.52. The third kappa shape index (κ3) is 2.39. The Bertz CT molecular complexity index is 940. The average molecular weight is 300 g/mol. The maximum Gasteiger partial charge on any atom is 0.138 e. The van der Waals surface area contributed by atoms with Crippen molar-refractivity contribution in [3.8, 4) is 22.3 Å². The molecular weight excluding hydrogens is 284 g/mol. The van der Waals surface area contributed by atoms with Gasteiger partial charge in [0.25, 0.3) is 0 Å². The van der Waals surface area contributed by atoms with E-state index in [9.17, 15) is 0 Å². The maximum absolute atomic E-state index is 5.69. The summed E-state index contributed by atoms with van der Waals surface area (Å²) in [5.74, 6) is 0. The second-order valence-corrected chi connectivity index (χ2v) is 5.43. The molecule has 3 N–H and O–H groups in total. The fraction of sp³-hybridized carbons (Fsp3) is 0.0526. The van der Waals surface area contributed by atoms with Crippen LogP contribution in [0.25, 0.3) is 33.3 Å². The molecule has 0 spiro atoms. The van der Waals surface area contributed by atoms with E-state index in [1.807, 2.05) is 30.7 Å². The van der Waals surface area contributed by atoms with Gasteiger partial charge in [0.05, 0.1) is 0 Å². The first-order valence-corrected chi connectivity index (χ1v) is 7.52. The number of hydrogen-bond acceptors (Lipinski definition) is 3. The largest absolute Gasteiger partial charge is 0.345 e. The van der Waals surface area contributed by atoms with E-state index in [-0.39, 0.29) is 0 Å². The van der Waals surface area contributed by atoms with E-state index in [2.05, 4.69) is 45.3 Å². The Labute approximate surface area is 134 Å². The number of rotatable bonds is 3. The van der Waals surface area contributed by atoms with Gasteiger partial charge in [0.2, 0.25) is 0 Å². The van der Waals surface area contributed by atoms with Crippen molar-refractivity contribution in [2.24, 2.45) is 5.73 Å². The predicted molar refractivity (Wildman–Crippen MR) is 92.7 cm³/mol. The lowest BCUT2D eigenvalue weighted by atomic mass is 9.98. The molecule has 0 aliphatic heterocycles. The number of nitrogens with zero attached hydrogens (tertiary/aromatic N) is 2. The van der Waals surface area contributed by atoms with Crippen LogP contribution in [0.5, 0.6) is 0 Å². The van der Waals surface area contributed by atoms with Crippen LogP contribution in [0.1, 0.15) is 5.56 Å². The van der Waals surface area contributed by atoms with Gasteiger partial charge in [-0.25, -0.2) is 4.98 Å². The lowest BCUT2D eigenvalue weighted by molar-refractivity contribution is 1.07. The summed E-state index contributed by atoms with van der Waals surface area (Å²) in [6.07, 6.45) is 7.48. The molecule has 0 amide bonds. The minimum atomic E-state index is 0.553. The Morgan fingerprint density at radius 3 is 2.52 bits per heavy atom. The maximum atomic E-state index is 5.69. The number of benzene rings is 1. The van der Waals surface area contributed by atoms with Crippen LogP contribution in [0.3, 0.4) is 0 Å². The van der Waals surface area contributed by atoms with E-state index in [0.717, 1.165) is 38.9 Å². The van der Waals surface area contributed by atoms with Crippen molar-refractivity contribution in [3.05, 3.63) is 72.8 Å². The molecule has 0 bridgehead atoms. The number of H-pyrrole nitrogens is 1. The lowest BCUT2D eigenvalue weighted by Crippen LogP contribution is -1.95. The molecule has 112 valence electrons. The quantitative estimate of drug-likeness (QED) is 0.605. The molecule has 23 heavy (non-hydrogen) atoms. The normalized spacial score (nSPS) is 11.0. The summed E-state index contributed by atoms with van der Waals surface area (Å²) < 4.78 is 0. The van der Waals surface area contributed by atoms with Crippen LogP contribution >= 0.6 is 0 Å². The van der Waals surface area contributed by atoms with Crippen molar-refractivity contribution in [1.29, 1.82) is 0 Å². The second-order valence-electron chi connectivity index (χ2n) is 5.43. The summed E-state index contributed by atoms with van der Waals surface area (Å²) in [5.41, 5.74) is 12.2. The van der Waals surface area contributed by atoms with Crippen LogP contribution in [0.15, 0.2) is 67.3 Å². The molecule has 0 aliphatic carbocycles. The number of aromatic nitrogens is 3. The van der Waals surface area contributed by atoms with Gasteiger partial charge in [0, 0.05) is 47.8 Å². The second kappa shape index (κ2) is 5.66. The average Bonchev–Trinajstić information content (AvgIpc) is 3.07. The Kier molecular flexibility index (Phi) is 3.37. The van der Waals surface area contributed by atoms with E-state index < -0.39 is 0 Å². The standard InChI is InChI=1S/C19H16N4/c20-10-13-3-5-14(6-4-13)16-7-9-22-19-18(16)17(12-23-19)15-2-1-8-21-11-15/h1-9,11-12H,10,20H2,(H,22,23). The highest BCUT2D eigenvalue weighted by molar-refractivity contribution is 6.03. The smallest absolute Gasteiger partial charge is 0.138 e. The number of fused-ring (bicyclic) bond motifs is 1. The first-order chi connectivity index (χ1) is 11.4. The first kappa shape index (κ1) is 13.7. The van der Waals surface area contributed by atoms with Gasteiger partial charge >= 0.3 is 0 Å². The third-order valence-electron chi connectivity index (χ3n) is 4.05. The van der Waals surface area contributed by atoms with Gasteiger partial charge in [-0.1, -0.05) is 30.3 Å². The van der Waals surface area contributed by atoms with Gasteiger partial charge in [0.1, 0.15) is 5.65 Å².